The molecule has 0 aliphatic heterocycles. The molecule has 140 valence electrons. The average Bonchev–Trinajstić information content (AvgIpc) is 3.61. The van der Waals surface area contributed by atoms with E-state index in [0.717, 1.165) is 65.8 Å². The van der Waals surface area contributed by atoms with Gasteiger partial charge in [-0.15, -0.1) is 0 Å². The van der Waals surface area contributed by atoms with Gasteiger partial charge in [-0.05, 0) is 38.7 Å². The lowest BCUT2D eigenvalue weighted by Crippen LogP contribution is -2.23. The molecule has 0 saturated heterocycles. The van der Waals surface area contributed by atoms with Gasteiger partial charge in [0, 0.05) is 49.4 Å². The lowest BCUT2D eigenvalue weighted by atomic mass is 10.0. The number of carbonyl (C=O) groups is 1. The Kier molecular flexibility index (Phi) is 3.77. The summed E-state index contributed by atoms with van der Waals surface area (Å²) in [4.78, 5) is 18.0. The van der Waals surface area contributed by atoms with Crippen molar-refractivity contribution in [3.63, 3.8) is 0 Å². The molecule has 0 radical (unpaired) electrons. The fourth-order valence-electron chi connectivity index (χ4n) is 3.65. The van der Waals surface area contributed by atoms with Crippen molar-refractivity contribution in [1.29, 1.82) is 0 Å². The Balaban J connectivity index is 1.50. The first-order valence-corrected chi connectivity index (χ1v) is 9.81. The van der Waals surface area contributed by atoms with Crippen LogP contribution in [-0.4, -0.2) is 30.5 Å². The molecule has 0 aromatic carbocycles. The Bertz CT molecular complexity index is 1020. The summed E-state index contributed by atoms with van der Waals surface area (Å²) in [7, 11) is 1.93. The number of amides is 1. The van der Waals surface area contributed by atoms with Gasteiger partial charge in [0.1, 0.15) is 0 Å². The van der Waals surface area contributed by atoms with Crippen molar-refractivity contribution in [2.24, 2.45) is 7.05 Å². The van der Waals surface area contributed by atoms with Crippen molar-refractivity contribution in [3.05, 3.63) is 41.0 Å². The molecule has 0 bridgehead atoms. The lowest BCUT2D eigenvalue weighted by Gasteiger charge is -2.09. The molecule has 7 heteroatoms. The summed E-state index contributed by atoms with van der Waals surface area (Å²) in [5, 5.41) is 13.0. The van der Waals surface area contributed by atoms with E-state index in [1.807, 2.05) is 35.6 Å². The van der Waals surface area contributed by atoms with Crippen LogP contribution in [0.2, 0.25) is 0 Å². The number of hydrogen-bond donors (Lipinski definition) is 1. The molecule has 5 rings (SSSR count). The second kappa shape index (κ2) is 6.18. The number of aromatic nitrogens is 5. The van der Waals surface area contributed by atoms with Crippen LogP contribution in [0.25, 0.3) is 11.0 Å². The Morgan fingerprint density at radius 3 is 2.70 bits per heavy atom. The lowest BCUT2D eigenvalue weighted by molar-refractivity contribution is 0.0952. The maximum absolute atomic E-state index is 13.1. The van der Waals surface area contributed by atoms with Crippen LogP contribution in [0.4, 0.5) is 0 Å². The van der Waals surface area contributed by atoms with Crippen LogP contribution < -0.4 is 5.32 Å². The van der Waals surface area contributed by atoms with E-state index >= 15 is 0 Å². The minimum absolute atomic E-state index is 0.0524. The maximum Gasteiger partial charge on any atom is 0.252 e. The average molecular weight is 364 g/mol. The fourth-order valence-corrected chi connectivity index (χ4v) is 3.65. The van der Waals surface area contributed by atoms with Crippen molar-refractivity contribution in [2.45, 2.75) is 57.5 Å². The van der Waals surface area contributed by atoms with Gasteiger partial charge in [-0.2, -0.15) is 10.2 Å². The molecule has 3 aromatic heterocycles. The molecule has 3 heterocycles. The third-order valence-electron chi connectivity index (χ3n) is 5.51. The molecule has 0 unspecified atom stereocenters. The summed E-state index contributed by atoms with van der Waals surface area (Å²) in [5.41, 5.74) is 4.62. The topological polar surface area (TPSA) is 77.6 Å². The van der Waals surface area contributed by atoms with Gasteiger partial charge >= 0.3 is 0 Å². The van der Waals surface area contributed by atoms with Crippen LogP contribution in [0, 0.1) is 0 Å². The number of nitrogens with zero attached hydrogens (tertiary/aromatic N) is 5. The van der Waals surface area contributed by atoms with Crippen LogP contribution in [-0.2, 0) is 20.1 Å². The highest BCUT2D eigenvalue weighted by Gasteiger charge is 2.33. The highest BCUT2D eigenvalue weighted by Crippen LogP contribution is 2.45. The van der Waals surface area contributed by atoms with E-state index in [9.17, 15) is 4.79 Å². The van der Waals surface area contributed by atoms with E-state index in [2.05, 4.69) is 10.4 Å². The number of nitrogens with one attached hydrogen (secondary N) is 1. The molecular weight excluding hydrogens is 340 g/mol. The summed E-state index contributed by atoms with van der Waals surface area (Å²) in [6.07, 6.45) is 8.38. The van der Waals surface area contributed by atoms with E-state index in [0.29, 0.717) is 18.4 Å². The highest BCUT2D eigenvalue weighted by molar-refractivity contribution is 6.06. The predicted molar refractivity (Wildman–Crippen MR) is 102 cm³/mol. The molecule has 0 spiro atoms. The number of fused-ring (bicyclic) bond motifs is 1. The maximum atomic E-state index is 13.1. The first kappa shape index (κ1) is 16.5. The number of pyridine rings is 1. The summed E-state index contributed by atoms with van der Waals surface area (Å²) in [6.45, 7) is 3.34. The molecule has 2 fully saturated rings. The van der Waals surface area contributed by atoms with Crippen LogP contribution in [0.15, 0.2) is 18.5 Å². The first-order valence-electron chi connectivity index (χ1n) is 9.81. The Hall–Kier alpha value is -2.70. The largest absolute Gasteiger partial charge is 0.348 e. The van der Waals surface area contributed by atoms with E-state index in [1.54, 1.807) is 6.20 Å². The van der Waals surface area contributed by atoms with Crippen molar-refractivity contribution >= 4 is 16.9 Å². The summed E-state index contributed by atoms with van der Waals surface area (Å²) in [5.74, 6) is 0.906. The molecule has 2 aliphatic carbocycles. The molecule has 2 saturated carbocycles. The SMILES string of the molecule is CCn1cc(CNC(=O)c2cc(C3CC3)nc3c2c(C2CC2)nn3C)cn1. The second-order valence-electron chi connectivity index (χ2n) is 7.74. The Morgan fingerprint density at radius 1 is 1.26 bits per heavy atom. The van der Waals surface area contributed by atoms with E-state index in [4.69, 9.17) is 10.1 Å². The normalized spacial score (nSPS) is 16.8. The highest BCUT2D eigenvalue weighted by atomic mass is 16.1. The standard InChI is InChI=1S/C20H24N6O/c1-3-26-11-12(10-22-26)9-21-20(27)15-8-16(13-4-5-13)23-19-17(15)18(14-6-7-14)24-25(19)2/h8,10-11,13-14H,3-7,9H2,1-2H3,(H,21,27). The number of rotatable bonds is 6. The first-order chi connectivity index (χ1) is 13.1. The number of carbonyl (C=O) groups excluding carboxylic acids is 1. The second-order valence-corrected chi connectivity index (χ2v) is 7.74. The molecule has 7 nitrogen and oxygen atoms in total. The molecular formula is C20H24N6O. The van der Waals surface area contributed by atoms with E-state index < -0.39 is 0 Å². The smallest absolute Gasteiger partial charge is 0.252 e. The zero-order chi connectivity index (χ0) is 18.5. The van der Waals surface area contributed by atoms with Crippen LogP contribution >= 0.6 is 0 Å². The van der Waals surface area contributed by atoms with Gasteiger partial charge in [-0.1, -0.05) is 0 Å². The van der Waals surface area contributed by atoms with Crippen LogP contribution in [0.5, 0.6) is 0 Å². The number of aryl methyl sites for hydroxylation is 2. The fraction of sp³-hybridized carbons (Fsp3) is 0.500. The van der Waals surface area contributed by atoms with Crippen LogP contribution in [0.3, 0.4) is 0 Å². The van der Waals surface area contributed by atoms with Gasteiger partial charge in [0.25, 0.3) is 5.91 Å². The quantitative estimate of drug-likeness (QED) is 0.729. The van der Waals surface area contributed by atoms with Crippen molar-refractivity contribution < 1.29 is 4.79 Å². The Morgan fingerprint density at radius 2 is 2.04 bits per heavy atom. The monoisotopic (exact) mass is 364 g/mol. The third kappa shape index (κ3) is 3.01. The summed E-state index contributed by atoms with van der Waals surface area (Å²) < 4.78 is 3.71. The van der Waals surface area contributed by atoms with Gasteiger partial charge in [0.05, 0.1) is 22.8 Å². The number of hydrogen-bond acceptors (Lipinski definition) is 4. The molecule has 27 heavy (non-hydrogen) atoms. The Labute approximate surface area is 157 Å². The zero-order valence-electron chi connectivity index (χ0n) is 15.8. The molecule has 0 atom stereocenters. The minimum atomic E-state index is -0.0524. The zero-order valence-corrected chi connectivity index (χ0v) is 15.8. The van der Waals surface area contributed by atoms with Gasteiger partial charge in [-0.25, -0.2) is 4.98 Å². The van der Waals surface area contributed by atoms with Crippen molar-refractivity contribution in [2.75, 3.05) is 0 Å². The van der Waals surface area contributed by atoms with E-state index in [1.165, 1.54) is 0 Å². The van der Waals surface area contributed by atoms with Gasteiger partial charge in [-0.3, -0.25) is 14.2 Å². The van der Waals surface area contributed by atoms with E-state index in [-0.39, 0.29) is 5.91 Å². The predicted octanol–water partition coefficient (Wildman–Crippen LogP) is 2.87. The van der Waals surface area contributed by atoms with Gasteiger partial charge in [0.2, 0.25) is 0 Å². The van der Waals surface area contributed by atoms with Gasteiger partial charge < -0.3 is 5.32 Å². The van der Waals surface area contributed by atoms with Crippen LogP contribution in [0.1, 0.15) is 71.8 Å². The molecule has 3 aromatic rings. The summed E-state index contributed by atoms with van der Waals surface area (Å²) in [6, 6.07) is 2.00. The minimum Gasteiger partial charge on any atom is -0.348 e. The van der Waals surface area contributed by atoms with Crippen molar-refractivity contribution in [1.82, 2.24) is 29.9 Å². The molecule has 1 N–H and O–H groups in total. The molecule has 2 aliphatic rings. The van der Waals surface area contributed by atoms with Gasteiger partial charge in [0.15, 0.2) is 5.65 Å². The molecule has 1 amide bonds. The van der Waals surface area contributed by atoms with Crippen molar-refractivity contribution in [3.8, 4) is 0 Å². The third-order valence-corrected chi connectivity index (χ3v) is 5.51. The summed E-state index contributed by atoms with van der Waals surface area (Å²) >= 11 is 0.